The fourth-order valence-corrected chi connectivity index (χ4v) is 1.70. The van der Waals surface area contributed by atoms with Crippen LogP contribution in [0, 0.1) is 11.7 Å². The Morgan fingerprint density at radius 1 is 1.30 bits per heavy atom. The van der Waals surface area contributed by atoms with Gasteiger partial charge in [0, 0.05) is 13.2 Å². The number of halogens is 1. The van der Waals surface area contributed by atoms with Crippen molar-refractivity contribution < 1.29 is 18.7 Å². The van der Waals surface area contributed by atoms with E-state index < -0.39 is 11.7 Å². The third-order valence-electron chi connectivity index (χ3n) is 2.97. The number of ether oxygens (including phenoxy) is 2. The van der Waals surface area contributed by atoms with Crippen LogP contribution >= 0.6 is 0 Å². The van der Waals surface area contributed by atoms with Crippen molar-refractivity contribution in [3.05, 3.63) is 35.6 Å². The first-order valence-electron chi connectivity index (χ1n) is 7.85. The number of hydrogen-bond donors (Lipinski definition) is 1. The number of amides is 1. The number of carbonyl (C=O) groups excluding carboxylic acids is 1. The molecule has 1 rings (SSSR count). The number of hydrogen-bond acceptors (Lipinski definition) is 4. The van der Waals surface area contributed by atoms with Gasteiger partial charge in [-0.05, 0) is 31.4 Å². The van der Waals surface area contributed by atoms with Crippen LogP contribution in [-0.4, -0.2) is 38.3 Å². The summed E-state index contributed by atoms with van der Waals surface area (Å²) < 4.78 is 24.3. The molecule has 1 aromatic carbocycles. The minimum atomic E-state index is -0.583. The van der Waals surface area contributed by atoms with Crippen LogP contribution < -0.4 is 5.32 Å². The van der Waals surface area contributed by atoms with Crippen LogP contribution in [0.3, 0.4) is 0 Å². The Morgan fingerprint density at radius 2 is 2.04 bits per heavy atom. The second-order valence-electron chi connectivity index (χ2n) is 5.35. The molecule has 1 aromatic rings. The van der Waals surface area contributed by atoms with Gasteiger partial charge in [0.25, 0.3) is 11.9 Å². The van der Waals surface area contributed by atoms with Crippen molar-refractivity contribution in [3.8, 4) is 0 Å². The fraction of sp³-hybridized carbons (Fsp3) is 0.529. The number of aliphatic imine (C=N–C) groups is 1. The second-order valence-corrected chi connectivity index (χ2v) is 5.35. The van der Waals surface area contributed by atoms with Gasteiger partial charge in [-0.2, -0.15) is 0 Å². The van der Waals surface area contributed by atoms with Crippen molar-refractivity contribution in [1.29, 1.82) is 0 Å². The van der Waals surface area contributed by atoms with Crippen molar-refractivity contribution in [2.24, 2.45) is 10.9 Å². The standard InChI is InChI=1S/C17H25FN2O3/c1-4-22-11-12-23-17(19-10-9-13(2)3)20-16(21)14-7-5-6-8-15(14)18/h5-8,13H,4,9-12H2,1-3H3,(H,19,20,21). The van der Waals surface area contributed by atoms with Crippen LogP contribution in [0.2, 0.25) is 0 Å². The summed E-state index contributed by atoms with van der Waals surface area (Å²) in [6, 6.07) is 5.88. The van der Waals surface area contributed by atoms with Gasteiger partial charge in [-0.1, -0.05) is 26.0 Å². The van der Waals surface area contributed by atoms with Crippen molar-refractivity contribution in [1.82, 2.24) is 5.32 Å². The summed E-state index contributed by atoms with van der Waals surface area (Å²) in [5.74, 6) is -0.672. The molecule has 1 N–H and O–H groups in total. The average Bonchev–Trinajstić information content (AvgIpc) is 2.51. The van der Waals surface area contributed by atoms with Gasteiger partial charge in [0.2, 0.25) is 0 Å². The summed E-state index contributed by atoms with van der Waals surface area (Å²) in [6.07, 6.45) is 0.869. The van der Waals surface area contributed by atoms with Gasteiger partial charge in [-0.15, -0.1) is 0 Å². The Balaban J connectivity index is 2.66. The molecule has 0 aromatic heterocycles. The highest BCUT2D eigenvalue weighted by Crippen LogP contribution is 2.06. The maximum Gasteiger partial charge on any atom is 0.291 e. The minimum Gasteiger partial charge on any atom is -0.463 e. The molecular formula is C17H25FN2O3. The van der Waals surface area contributed by atoms with Gasteiger partial charge in [0.1, 0.15) is 12.4 Å². The number of nitrogens with zero attached hydrogens (tertiary/aromatic N) is 1. The summed E-state index contributed by atoms with van der Waals surface area (Å²) in [5.41, 5.74) is -0.0440. The molecule has 0 unspecified atom stereocenters. The lowest BCUT2D eigenvalue weighted by atomic mass is 10.1. The first kappa shape index (κ1) is 19.1. The predicted molar refractivity (Wildman–Crippen MR) is 88.1 cm³/mol. The zero-order valence-electron chi connectivity index (χ0n) is 14.0. The monoisotopic (exact) mass is 324 g/mol. The average molecular weight is 324 g/mol. The van der Waals surface area contributed by atoms with E-state index >= 15 is 0 Å². The SMILES string of the molecule is CCOCCOC(=NCCC(C)C)NC(=O)c1ccccc1F. The van der Waals surface area contributed by atoms with E-state index in [1.54, 1.807) is 6.07 Å². The largest absolute Gasteiger partial charge is 0.463 e. The number of benzene rings is 1. The van der Waals surface area contributed by atoms with Crippen molar-refractivity contribution in [2.45, 2.75) is 27.2 Å². The van der Waals surface area contributed by atoms with Gasteiger partial charge >= 0.3 is 0 Å². The Morgan fingerprint density at radius 3 is 2.70 bits per heavy atom. The second kappa shape index (κ2) is 10.7. The third-order valence-corrected chi connectivity index (χ3v) is 2.97. The molecule has 1 amide bonds. The fourth-order valence-electron chi connectivity index (χ4n) is 1.70. The first-order chi connectivity index (χ1) is 11.0. The van der Waals surface area contributed by atoms with Crippen LogP contribution in [0.4, 0.5) is 4.39 Å². The maximum absolute atomic E-state index is 13.6. The minimum absolute atomic E-state index is 0.0440. The van der Waals surface area contributed by atoms with Crippen LogP contribution in [0.1, 0.15) is 37.6 Å². The first-order valence-corrected chi connectivity index (χ1v) is 7.85. The predicted octanol–water partition coefficient (Wildman–Crippen LogP) is 3.01. The maximum atomic E-state index is 13.6. The molecule has 0 atom stereocenters. The molecule has 0 saturated carbocycles. The summed E-state index contributed by atoms with van der Waals surface area (Å²) in [7, 11) is 0. The van der Waals surface area contributed by atoms with Gasteiger partial charge in [0.15, 0.2) is 0 Å². The van der Waals surface area contributed by atoms with Gasteiger partial charge in [0.05, 0.1) is 12.2 Å². The topological polar surface area (TPSA) is 59.9 Å². The molecule has 0 aliphatic heterocycles. The molecule has 0 bridgehead atoms. The van der Waals surface area contributed by atoms with E-state index in [1.807, 2.05) is 6.92 Å². The molecule has 0 radical (unpaired) electrons. The van der Waals surface area contributed by atoms with Crippen LogP contribution in [0.5, 0.6) is 0 Å². The van der Waals surface area contributed by atoms with Gasteiger partial charge < -0.3 is 9.47 Å². The van der Waals surface area contributed by atoms with E-state index in [0.29, 0.717) is 25.7 Å². The van der Waals surface area contributed by atoms with Crippen LogP contribution in [0.25, 0.3) is 0 Å². The van der Waals surface area contributed by atoms with Crippen molar-refractivity contribution in [2.75, 3.05) is 26.4 Å². The Kier molecular flexibility index (Phi) is 8.90. The van der Waals surface area contributed by atoms with Gasteiger partial charge in [-0.25, -0.2) is 9.38 Å². The van der Waals surface area contributed by atoms with E-state index in [1.165, 1.54) is 18.2 Å². The van der Waals surface area contributed by atoms with Crippen LogP contribution in [-0.2, 0) is 9.47 Å². The molecule has 5 nitrogen and oxygen atoms in total. The molecule has 6 heteroatoms. The van der Waals surface area contributed by atoms with E-state index in [2.05, 4.69) is 24.2 Å². The molecule has 0 fully saturated rings. The normalized spacial score (nSPS) is 11.6. The molecular weight excluding hydrogens is 299 g/mol. The molecule has 0 spiro atoms. The Labute approximate surface area is 136 Å². The zero-order valence-corrected chi connectivity index (χ0v) is 14.0. The van der Waals surface area contributed by atoms with Crippen molar-refractivity contribution in [3.63, 3.8) is 0 Å². The Hall–Kier alpha value is -1.95. The molecule has 0 aliphatic carbocycles. The van der Waals surface area contributed by atoms with Crippen molar-refractivity contribution >= 4 is 11.9 Å². The number of carbonyl (C=O) groups is 1. The van der Waals surface area contributed by atoms with E-state index in [0.717, 1.165) is 6.42 Å². The number of rotatable bonds is 8. The molecule has 0 heterocycles. The lowest BCUT2D eigenvalue weighted by Gasteiger charge is -2.11. The highest BCUT2D eigenvalue weighted by Gasteiger charge is 2.13. The highest BCUT2D eigenvalue weighted by molar-refractivity contribution is 6.04. The van der Waals surface area contributed by atoms with E-state index in [-0.39, 0.29) is 18.2 Å². The van der Waals surface area contributed by atoms with Crippen LogP contribution in [0.15, 0.2) is 29.3 Å². The van der Waals surface area contributed by atoms with E-state index in [9.17, 15) is 9.18 Å². The smallest absolute Gasteiger partial charge is 0.291 e. The molecule has 23 heavy (non-hydrogen) atoms. The summed E-state index contributed by atoms with van der Waals surface area (Å²) >= 11 is 0. The van der Waals surface area contributed by atoms with Gasteiger partial charge in [-0.3, -0.25) is 10.1 Å². The molecule has 0 aliphatic rings. The summed E-state index contributed by atoms with van der Waals surface area (Å²) in [6.45, 7) is 7.84. The quantitative estimate of drug-likeness (QED) is 0.454. The molecule has 128 valence electrons. The summed E-state index contributed by atoms with van der Waals surface area (Å²) in [4.78, 5) is 16.4. The van der Waals surface area contributed by atoms with E-state index in [4.69, 9.17) is 9.47 Å². The highest BCUT2D eigenvalue weighted by atomic mass is 19.1. The Bertz CT molecular complexity index is 518. The molecule has 0 saturated heterocycles. The number of amidine groups is 1. The number of nitrogens with one attached hydrogen (secondary N) is 1. The lowest BCUT2D eigenvalue weighted by molar-refractivity contribution is 0.0919. The third kappa shape index (κ3) is 7.74. The zero-order chi connectivity index (χ0) is 17.1. The summed E-state index contributed by atoms with van der Waals surface area (Å²) in [5, 5.41) is 2.52. The lowest BCUT2D eigenvalue weighted by Crippen LogP contribution is -2.34.